The zero-order valence-corrected chi connectivity index (χ0v) is 11.2. The van der Waals surface area contributed by atoms with Crippen LogP contribution in [0.4, 0.5) is 4.39 Å². The van der Waals surface area contributed by atoms with Crippen molar-refractivity contribution in [2.75, 3.05) is 0 Å². The summed E-state index contributed by atoms with van der Waals surface area (Å²) in [6, 6.07) is 4.14. The maximum atomic E-state index is 13.8. The van der Waals surface area contributed by atoms with E-state index in [9.17, 15) is 4.39 Å². The summed E-state index contributed by atoms with van der Waals surface area (Å²) in [5.74, 6) is -0.596. The van der Waals surface area contributed by atoms with Gasteiger partial charge in [0.1, 0.15) is 11.5 Å². The Morgan fingerprint density at radius 2 is 1.89 bits per heavy atom. The minimum atomic E-state index is -0.596. The third-order valence-corrected chi connectivity index (χ3v) is 3.35. The summed E-state index contributed by atoms with van der Waals surface area (Å²) in [7, 11) is 0. The van der Waals surface area contributed by atoms with Crippen LogP contribution in [-0.2, 0) is 6.61 Å². The second-order valence-electron chi connectivity index (χ2n) is 3.58. The quantitative estimate of drug-likeness (QED) is 0.837. The van der Waals surface area contributed by atoms with Crippen LogP contribution in [-0.4, -0.2) is 10.1 Å². The van der Waals surface area contributed by atoms with Crippen molar-refractivity contribution >= 4 is 34.8 Å². The molecule has 0 atom stereocenters. The number of benzene rings is 1. The summed E-state index contributed by atoms with van der Waals surface area (Å²) >= 11 is 17.7. The van der Waals surface area contributed by atoms with Gasteiger partial charge >= 0.3 is 0 Å². The molecular formula is C12H7Cl3FNO. The number of rotatable bonds is 2. The lowest BCUT2D eigenvalue weighted by atomic mass is 10.1. The monoisotopic (exact) mass is 305 g/mol. The van der Waals surface area contributed by atoms with E-state index in [1.807, 2.05) is 0 Å². The molecule has 0 radical (unpaired) electrons. The van der Waals surface area contributed by atoms with Crippen LogP contribution in [0, 0.1) is 5.82 Å². The second-order valence-corrected chi connectivity index (χ2v) is 4.80. The normalized spacial score (nSPS) is 10.7. The lowest BCUT2D eigenvalue weighted by Gasteiger charge is -2.08. The predicted octanol–water partition coefficient (Wildman–Crippen LogP) is 4.34. The van der Waals surface area contributed by atoms with Gasteiger partial charge in [-0.2, -0.15) is 0 Å². The highest BCUT2D eigenvalue weighted by atomic mass is 35.5. The van der Waals surface area contributed by atoms with Crippen LogP contribution in [0.15, 0.2) is 24.4 Å². The molecule has 0 amide bonds. The van der Waals surface area contributed by atoms with E-state index in [0.717, 1.165) is 0 Å². The number of halogens is 4. The van der Waals surface area contributed by atoms with Crippen LogP contribution in [0.2, 0.25) is 15.1 Å². The smallest absolute Gasteiger partial charge is 0.149 e. The Balaban J connectivity index is 2.62. The van der Waals surface area contributed by atoms with Crippen molar-refractivity contribution in [1.29, 1.82) is 0 Å². The van der Waals surface area contributed by atoms with Crippen molar-refractivity contribution in [3.8, 4) is 11.3 Å². The zero-order valence-electron chi connectivity index (χ0n) is 8.92. The highest BCUT2D eigenvalue weighted by Gasteiger charge is 2.14. The van der Waals surface area contributed by atoms with E-state index in [2.05, 4.69) is 4.98 Å². The number of pyridine rings is 1. The Bertz CT molecular complexity index is 604. The number of aliphatic hydroxyl groups is 1. The molecule has 0 bridgehead atoms. The van der Waals surface area contributed by atoms with Crippen LogP contribution >= 0.6 is 34.8 Å². The van der Waals surface area contributed by atoms with Crippen molar-refractivity contribution in [1.82, 2.24) is 4.98 Å². The first-order chi connectivity index (χ1) is 8.52. The maximum Gasteiger partial charge on any atom is 0.149 e. The van der Waals surface area contributed by atoms with E-state index in [4.69, 9.17) is 39.9 Å². The zero-order chi connectivity index (χ0) is 13.3. The molecule has 0 aliphatic rings. The number of hydrogen-bond donors (Lipinski definition) is 1. The average Bonchev–Trinajstić information content (AvgIpc) is 2.34. The van der Waals surface area contributed by atoms with Gasteiger partial charge in [0.2, 0.25) is 0 Å². The van der Waals surface area contributed by atoms with E-state index in [1.54, 1.807) is 0 Å². The van der Waals surface area contributed by atoms with Crippen LogP contribution < -0.4 is 0 Å². The molecule has 18 heavy (non-hydrogen) atoms. The van der Waals surface area contributed by atoms with Crippen molar-refractivity contribution in [3.05, 3.63) is 50.8 Å². The minimum absolute atomic E-state index is 0.0431. The Morgan fingerprint density at radius 3 is 2.50 bits per heavy atom. The first kappa shape index (κ1) is 13.6. The molecule has 0 fully saturated rings. The van der Waals surface area contributed by atoms with Crippen LogP contribution in [0.3, 0.4) is 0 Å². The van der Waals surface area contributed by atoms with Crippen LogP contribution in [0.1, 0.15) is 5.56 Å². The van der Waals surface area contributed by atoms with Gasteiger partial charge in [0, 0.05) is 16.8 Å². The molecule has 1 heterocycles. The summed E-state index contributed by atoms with van der Waals surface area (Å²) < 4.78 is 13.8. The Labute approximate surface area is 118 Å². The average molecular weight is 307 g/mol. The molecule has 1 aromatic carbocycles. The molecule has 0 aliphatic carbocycles. The van der Waals surface area contributed by atoms with Gasteiger partial charge in [-0.3, -0.25) is 4.98 Å². The second kappa shape index (κ2) is 5.41. The number of aliphatic hydroxyl groups excluding tert-OH is 1. The third-order valence-electron chi connectivity index (χ3n) is 2.33. The van der Waals surface area contributed by atoms with E-state index in [1.165, 1.54) is 24.4 Å². The lowest BCUT2D eigenvalue weighted by molar-refractivity contribution is 0.280. The highest BCUT2D eigenvalue weighted by Crippen LogP contribution is 2.36. The lowest BCUT2D eigenvalue weighted by Crippen LogP contribution is -1.94. The SMILES string of the molecule is OCc1cnc(-c2cc(Cl)cc(Cl)c2Cl)c(F)c1. The summed E-state index contributed by atoms with van der Waals surface area (Å²) in [5.41, 5.74) is 0.734. The summed E-state index contributed by atoms with van der Waals surface area (Å²) in [5, 5.41) is 9.64. The summed E-state index contributed by atoms with van der Waals surface area (Å²) in [6.45, 7) is -0.283. The minimum Gasteiger partial charge on any atom is -0.392 e. The van der Waals surface area contributed by atoms with Gasteiger partial charge in [0.15, 0.2) is 0 Å². The van der Waals surface area contributed by atoms with Gasteiger partial charge < -0.3 is 5.11 Å². The van der Waals surface area contributed by atoms with Gasteiger partial charge in [-0.15, -0.1) is 0 Å². The van der Waals surface area contributed by atoms with E-state index in [-0.39, 0.29) is 22.3 Å². The van der Waals surface area contributed by atoms with Crippen LogP contribution in [0.5, 0.6) is 0 Å². The molecule has 6 heteroatoms. The molecule has 94 valence electrons. The van der Waals surface area contributed by atoms with E-state index >= 15 is 0 Å². The van der Waals surface area contributed by atoms with Gasteiger partial charge in [-0.1, -0.05) is 34.8 Å². The molecule has 0 unspecified atom stereocenters. The third kappa shape index (κ3) is 2.59. The van der Waals surface area contributed by atoms with Gasteiger partial charge in [-0.05, 0) is 23.8 Å². The first-order valence-electron chi connectivity index (χ1n) is 4.93. The summed E-state index contributed by atoms with van der Waals surface area (Å²) in [6.07, 6.45) is 1.36. The van der Waals surface area contributed by atoms with Crippen molar-refractivity contribution in [3.63, 3.8) is 0 Å². The number of nitrogens with zero attached hydrogens (tertiary/aromatic N) is 1. The Hall–Kier alpha value is -0.870. The number of aromatic nitrogens is 1. The van der Waals surface area contributed by atoms with Crippen molar-refractivity contribution in [2.45, 2.75) is 6.61 Å². The molecule has 2 aromatic rings. The molecule has 0 saturated carbocycles. The molecule has 0 spiro atoms. The number of hydrogen-bond acceptors (Lipinski definition) is 2. The summed E-state index contributed by atoms with van der Waals surface area (Å²) in [4.78, 5) is 3.93. The topological polar surface area (TPSA) is 33.1 Å². The Kier molecular flexibility index (Phi) is 4.07. The van der Waals surface area contributed by atoms with Crippen molar-refractivity contribution < 1.29 is 9.50 Å². The fourth-order valence-electron chi connectivity index (χ4n) is 1.49. The Morgan fingerprint density at radius 1 is 1.17 bits per heavy atom. The van der Waals surface area contributed by atoms with Crippen LogP contribution in [0.25, 0.3) is 11.3 Å². The molecule has 1 N–H and O–H groups in total. The fourth-order valence-corrected chi connectivity index (χ4v) is 2.18. The predicted molar refractivity (Wildman–Crippen MR) is 70.6 cm³/mol. The molecule has 2 nitrogen and oxygen atoms in total. The molecule has 0 saturated heterocycles. The first-order valence-corrected chi connectivity index (χ1v) is 6.06. The van der Waals surface area contributed by atoms with Gasteiger partial charge in [0.05, 0.1) is 16.7 Å². The maximum absolute atomic E-state index is 13.8. The van der Waals surface area contributed by atoms with E-state index in [0.29, 0.717) is 16.1 Å². The van der Waals surface area contributed by atoms with Gasteiger partial charge in [0.25, 0.3) is 0 Å². The van der Waals surface area contributed by atoms with E-state index < -0.39 is 5.82 Å². The standard InChI is InChI=1S/C12H7Cl3FNO/c13-7-2-8(11(15)9(14)3-7)12-10(16)1-6(5-18)4-17-12/h1-4,18H,5H2. The van der Waals surface area contributed by atoms with Gasteiger partial charge in [-0.25, -0.2) is 4.39 Å². The molecule has 0 aliphatic heterocycles. The molecule has 2 rings (SSSR count). The van der Waals surface area contributed by atoms with Crippen molar-refractivity contribution in [2.24, 2.45) is 0 Å². The fraction of sp³-hybridized carbons (Fsp3) is 0.0833. The molecule has 1 aromatic heterocycles. The largest absolute Gasteiger partial charge is 0.392 e. The molecular weight excluding hydrogens is 299 g/mol. The highest BCUT2D eigenvalue weighted by molar-refractivity contribution is 6.45.